The van der Waals surface area contributed by atoms with Crippen LogP contribution in [0.4, 0.5) is 0 Å². The van der Waals surface area contributed by atoms with Crippen LogP contribution in [0.1, 0.15) is 16.7 Å². The van der Waals surface area contributed by atoms with Gasteiger partial charge in [0.1, 0.15) is 0 Å². The standard InChI is InChI=1S/C14H16N2O3S/c17-10-13-2-1-3-14(8-13)11-20(18,19)16-9-12-4-6-15-7-5-12/h1-8,16-17H,9-11H2. The molecule has 0 saturated carbocycles. The first-order chi connectivity index (χ1) is 9.59. The van der Waals surface area contributed by atoms with Gasteiger partial charge in [-0.25, -0.2) is 13.1 Å². The normalized spacial score (nSPS) is 11.4. The molecule has 5 nitrogen and oxygen atoms in total. The Labute approximate surface area is 118 Å². The molecule has 0 bridgehead atoms. The molecule has 2 aromatic rings. The third-order valence-corrected chi connectivity index (χ3v) is 4.07. The molecular formula is C14H16N2O3S. The van der Waals surface area contributed by atoms with E-state index in [0.717, 1.165) is 5.56 Å². The van der Waals surface area contributed by atoms with Crippen molar-refractivity contribution in [2.75, 3.05) is 0 Å². The van der Waals surface area contributed by atoms with E-state index in [1.54, 1.807) is 48.8 Å². The first-order valence-electron chi connectivity index (χ1n) is 6.14. The highest BCUT2D eigenvalue weighted by atomic mass is 32.2. The number of aliphatic hydroxyl groups excluding tert-OH is 1. The molecule has 2 N–H and O–H groups in total. The Kier molecular flexibility index (Phi) is 4.84. The fourth-order valence-corrected chi connectivity index (χ4v) is 2.89. The largest absolute Gasteiger partial charge is 0.392 e. The second kappa shape index (κ2) is 6.60. The molecule has 0 spiro atoms. The zero-order valence-electron chi connectivity index (χ0n) is 10.9. The quantitative estimate of drug-likeness (QED) is 0.838. The molecule has 0 aliphatic heterocycles. The lowest BCUT2D eigenvalue weighted by Crippen LogP contribution is -2.24. The lowest BCUT2D eigenvalue weighted by Gasteiger charge is -2.07. The number of aliphatic hydroxyl groups is 1. The van der Waals surface area contributed by atoms with Gasteiger partial charge in [-0.15, -0.1) is 0 Å². The van der Waals surface area contributed by atoms with Gasteiger partial charge < -0.3 is 5.11 Å². The molecule has 20 heavy (non-hydrogen) atoms. The molecule has 0 aliphatic rings. The molecule has 1 heterocycles. The van der Waals surface area contributed by atoms with Crippen molar-refractivity contribution in [3.05, 3.63) is 65.5 Å². The summed E-state index contributed by atoms with van der Waals surface area (Å²) < 4.78 is 26.5. The maximum Gasteiger partial charge on any atom is 0.216 e. The van der Waals surface area contributed by atoms with Gasteiger partial charge in [-0.3, -0.25) is 4.98 Å². The van der Waals surface area contributed by atoms with Crippen LogP contribution in [0, 0.1) is 0 Å². The fourth-order valence-electron chi connectivity index (χ4n) is 1.78. The van der Waals surface area contributed by atoms with Gasteiger partial charge in [0.25, 0.3) is 0 Å². The van der Waals surface area contributed by atoms with E-state index in [0.29, 0.717) is 11.1 Å². The van der Waals surface area contributed by atoms with Gasteiger partial charge in [-0.05, 0) is 28.8 Å². The Balaban J connectivity index is 2.00. The smallest absolute Gasteiger partial charge is 0.216 e. The number of pyridine rings is 1. The predicted octanol–water partition coefficient (Wildman–Crippen LogP) is 1.19. The van der Waals surface area contributed by atoms with Crippen LogP contribution in [0.5, 0.6) is 0 Å². The summed E-state index contributed by atoms with van der Waals surface area (Å²) in [5.41, 5.74) is 2.21. The topological polar surface area (TPSA) is 79.3 Å². The maximum atomic E-state index is 12.0. The van der Waals surface area contributed by atoms with Crippen molar-refractivity contribution in [2.24, 2.45) is 0 Å². The summed E-state index contributed by atoms with van der Waals surface area (Å²) in [6.07, 6.45) is 3.24. The number of aromatic nitrogens is 1. The van der Waals surface area contributed by atoms with Crippen molar-refractivity contribution in [3.8, 4) is 0 Å². The van der Waals surface area contributed by atoms with Crippen LogP contribution in [0.25, 0.3) is 0 Å². The van der Waals surface area contributed by atoms with Gasteiger partial charge in [0, 0.05) is 18.9 Å². The van der Waals surface area contributed by atoms with Gasteiger partial charge in [-0.2, -0.15) is 0 Å². The molecule has 106 valence electrons. The van der Waals surface area contributed by atoms with Crippen LogP contribution in [-0.4, -0.2) is 18.5 Å². The average molecular weight is 292 g/mol. The monoisotopic (exact) mass is 292 g/mol. The number of nitrogens with zero attached hydrogens (tertiary/aromatic N) is 1. The molecule has 0 amide bonds. The second-order valence-corrected chi connectivity index (χ2v) is 6.22. The summed E-state index contributed by atoms with van der Waals surface area (Å²) >= 11 is 0. The highest BCUT2D eigenvalue weighted by Crippen LogP contribution is 2.09. The van der Waals surface area contributed by atoms with E-state index in [9.17, 15) is 8.42 Å². The minimum atomic E-state index is -3.41. The van der Waals surface area contributed by atoms with Crippen molar-refractivity contribution in [1.82, 2.24) is 9.71 Å². The number of rotatable bonds is 6. The third-order valence-electron chi connectivity index (χ3n) is 2.78. The highest BCUT2D eigenvalue weighted by molar-refractivity contribution is 7.88. The van der Waals surface area contributed by atoms with Gasteiger partial charge in [0.15, 0.2) is 0 Å². The molecule has 0 atom stereocenters. The minimum Gasteiger partial charge on any atom is -0.392 e. The molecule has 0 unspecified atom stereocenters. The van der Waals surface area contributed by atoms with Crippen molar-refractivity contribution in [2.45, 2.75) is 18.9 Å². The summed E-state index contributed by atoms with van der Waals surface area (Å²) in [7, 11) is -3.41. The summed E-state index contributed by atoms with van der Waals surface area (Å²) in [6.45, 7) is 0.142. The van der Waals surface area contributed by atoms with Crippen molar-refractivity contribution in [3.63, 3.8) is 0 Å². The maximum absolute atomic E-state index is 12.0. The van der Waals surface area contributed by atoms with Crippen molar-refractivity contribution < 1.29 is 13.5 Å². The van der Waals surface area contributed by atoms with Crippen LogP contribution >= 0.6 is 0 Å². The Bertz CT molecular complexity index is 657. The average Bonchev–Trinajstić information content (AvgIpc) is 2.46. The van der Waals surface area contributed by atoms with Gasteiger partial charge in [0.05, 0.1) is 12.4 Å². The lowest BCUT2D eigenvalue weighted by molar-refractivity contribution is 0.282. The second-order valence-electron chi connectivity index (χ2n) is 4.41. The van der Waals surface area contributed by atoms with E-state index in [2.05, 4.69) is 9.71 Å². The molecule has 0 radical (unpaired) electrons. The molecule has 2 rings (SSSR count). The summed E-state index contributed by atoms with van der Waals surface area (Å²) in [4.78, 5) is 3.88. The van der Waals surface area contributed by atoms with E-state index < -0.39 is 10.0 Å². The summed E-state index contributed by atoms with van der Waals surface area (Å²) in [5, 5.41) is 9.04. The molecule has 0 aliphatic carbocycles. The van der Waals surface area contributed by atoms with E-state index in [1.165, 1.54) is 0 Å². The number of hydrogen-bond donors (Lipinski definition) is 2. The first-order valence-corrected chi connectivity index (χ1v) is 7.79. The number of hydrogen-bond acceptors (Lipinski definition) is 4. The SMILES string of the molecule is O=S(=O)(Cc1cccc(CO)c1)NCc1ccncc1. The zero-order chi connectivity index (χ0) is 14.4. The molecule has 0 saturated heterocycles. The van der Waals surface area contributed by atoms with Crippen molar-refractivity contribution in [1.29, 1.82) is 0 Å². The molecule has 0 fully saturated rings. The molecule has 1 aromatic carbocycles. The Morgan fingerprint density at radius 2 is 1.75 bits per heavy atom. The van der Waals surface area contributed by atoms with Crippen LogP contribution in [0.15, 0.2) is 48.8 Å². The van der Waals surface area contributed by atoms with E-state index in [4.69, 9.17) is 5.11 Å². The number of benzene rings is 1. The number of nitrogens with one attached hydrogen (secondary N) is 1. The third kappa shape index (κ3) is 4.41. The zero-order valence-corrected chi connectivity index (χ0v) is 11.7. The Morgan fingerprint density at radius 3 is 2.45 bits per heavy atom. The molecular weight excluding hydrogens is 276 g/mol. The van der Waals surface area contributed by atoms with E-state index in [1.807, 2.05) is 0 Å². The fraction of sp³-hybridized carbons (Fsp3) is 0.214. The number of sulfonamides is 1. The summed E-state index contributed by atoms with van der Waals surface area (Å²) in [5.74, 6) is -0.105. The first kappa shape index (κ1) is 14.6. The lowest BCUT2D eigenvalue weighted by atomic mass is 10.1. The van der Waals surface area contributed by atoms with E-state index in [-0.39, 0.29) is 18.9 Å². The van der Waals surface area contributed by atoms with Crippen LogP contribution in [0.2, 0.25) is 0 Å². The highest BCUT2D eigenvalue weighted by Gasteiger charge is 2.11. The summed E-state index contributed by atoms with van der Waals surface area (Å²) in [6, 6.07) is 10.4. The molecule has 6 heteroatoms. The minimum absolute atomic E-state index is 0.0989. The van der Waals surface area contributed by atoms with E-state index >= 15 is 0 Å². The van der Waals surface area contributed by atoms with Crippen LogP contribution < -0.4 is 4.72 Å². The van der Waals surface area contributed by atoms with Gasteiger partial charge in [0.2, 0.25) is 10.0 Å². The Hall–Kier alpha value is -1.76. The van der Waals surface area contributed by atoms with Crippen molar-refractivity contribution >= 4 is 10.0 Å². The van der Waals surface area contributed by atoms with Gasteiger partial charge >= 0.3 is 0 Å². The molecule has 1 aromatic heterocycles. The van der Waals surface area contributed by atoms with Crippen LogP contribution in [-0.2, 0) is 28.9 Å². The Morgan fingerprint density at radius 1 is 1.05 bits per heavy atom. The predicted molar refractivity (Wildman–Crippen MR) is 76.1 cm³/mol. The van der Waals surface area contributed by atoms with Gasteiger partial charge in [-0.1, -0.05) is 24.3 Å². The van der Waals surface area contributed by atoms with Crippen LogP contribution in [0.3, 0.4) is 0 Å².